The molecule has 0 aliphatic carbocycles. The quantitative estimate of drug-likeness (QED) is 0.870. The van der Waals surface area contributed by atoms with Gasteiger partial charge in [-0.2, -0.15) is 0 Å². The summed E-state index contributed by atoms with van der Waals surface area (Å²) in [7, 11) is 0. The molecule has 0 saturated carbocycles. The summed E-state index contributed by atoms with van der Waals surface area (Å²) in [6.45, 7) is 5.96. The third-order valence-corrected chi connectivity index (χ3v) is 4.20. The third-order valence-electron chi connectivity index (χ3n) is 4.20. The Labute approximate surface area is 140 Å². The smallest absolute Gasteiger partial charge is 0.322 e. The molecule has 0 saturated heterocycles. The molecule has 0 spiro atoms. The summed E-state index contributed by atoms with van der Waals surface area (Å²) >= 11 is 0. The highest BCUT2D eigenvalue weighted by atomic mass is 16.5. The molecule has 1 N–H and O–H groups in total. The maximum atomic E-state index is 11.7. The van der Waals surface area contributed by atoms with Crippen LogP contribution < -0.4 is 4.74 Å². The molecule has 1 aromatic heterocycles. The largest absolute Gasteiger partial charge is 0.494 e. The van der Waals surface area contributed by atoms with E-state index in [0.717, 1.165) is 29.4 Å². The molecule has 2 heterocycles. The Morgan fingerprint density at radius 2 is 2.25 bits per heavy atom. The molecule has 24 heavy (non-hydrogen) atoms. The molecule has 128 valence electrons. The number of carbonyl (C=O) groups is 1. The summed E-state index contributed by atoms with van der Waals surface area (Å²) in [6.07, 6.45) is 0.951. The van der Waals surface area contributed by atoms with E-state index in [-0.39, 0.29) is 0 Å². The molecule has 0 fully saturated rings. The van der Waals surface area contributed by atoms with E-state index in [2.05, 4.69) is 17.1 Å². The summed E-state index contributed by atoms with van der Waals surface area (Å²) in [5.41, 5.74) is 1.03. The molecular weight excluding hydrogens is 308 g/mol. The zero-order valence-electron chi connectivity index (χ0n) is 14.0. The molecule has 7 nitrogen and oxygen atoms in total. The zero-order chi connectivity index (χ0) is 17.1. The fraction of sp³-hybridized carbons (Fsp3) is 0.471. The summed E-state index contributed by atoms with van der Waals surface area (Å²) in [4.78, 5) is 13.6. The van der Waals surface area contributed by atoms with Crippen LogP contribution in [0.4, 0.5) is 0 Å². The first-order valence-electron chi connectivity index (χ1n) is 8.15. The molecule has 0 amide bonds. The highest BCUT2D eigenvalue weighted by molar-refractivity contribution is 5.73. The van der Waals surface area contributed by atoms with Crippen LogP contribution in [-0.4, -0.2) is 43.4 Å². The van der Waals surface area contributed by atoms with E-state index >= 15 is 0 Å². The normalized spacial score (nSPS) is 17.5. The first-order valence-corrected chi connectivity index (χ1v) is 8.15. The van der Waals surface area contributed by atoms with E-state index in [0.29, 0.717) is 26.2 Å². The van der Waals surface area contributed by atoms with Crippen molar-refractivity contribution in [1.29, 1.82) is 0 Å². The monoisotopic (exact) mass is 330 g/mol. The van der Waals surface area contributed by atoms with Crippen LogP contribution in [0, 0.1) is 6.92 Å². The Hall–Kier alpha value is -2.41. The van der Waals surface area contributed by atoms with E-state index in [4.69, 9.17) is 4.74 Å². The number of hydrogen-bond acceptors (Lipinski definition) is 5. The number of nitrogens with zero attached hydrogens (tertiary/aromatic N) is 4. The number of carboxylic acids is 1. The van der Waals surface area contributed by atoms with Crippen LogP contribution in [0.15, 0.2) is 24.3 Å². The maximum absolute atomic E-state index is 11.7. The fourth-order valence-corrected chi connectivity index (χ4v) is 2.95. The van der Waals surface area contributed by atoms with Crippen molar-refractivity contribution in [3.8, 4) is 5.75 Å². The third kappa shape index (κ3) is 3.41. The minimum atomic E-state index is -0.827. The predicted octanol–water partition coefficient (Wildman–Crippen LogP) is 1.84. The second kappa shape index (κ2) is 7.00. The van der Waals surface area contributed by atoms with Crippen LogP contribution >= 0.6 is 0 Å². The Balaban J connectivity index is 1.79. The van der Waals surface area contributed by atoms with Gasteiger partial charge in [0.05, 0.1) is 19.7 Å². The molecule has 7 heteroatoms. The van der Waals surface area contributed by atoms with Crippen molar-refractivity contribution in [1.82, 2.24) is 19.7 Å². The van der Waals surface area contributed by atoms with Gasteiger partial charge in [-0.15, -0.1) is 10.2 Å². The van der Waals surface area contributed by atoms with Gasteiger partial charge in [-0.3, -0.25) is 9.69 Å². The van der Waals surface area contributed by atoms with Crippen LogP contribution in [0.3, 0.4) is 0 Å². The van der Waals surface area contributed by atoms with Crippen LogP contribution in [0.2, 0.25) is 0 Å². The first kappa shape index (κ1) is 16.4. The Morgan fingerprint density at radius 3 is 3.00 bits per heavy atom. The molecule has 0 radical (unpaired) electrons. The molecule has 1 aromatic carbocycles. The number of rotatable bonds is 6. The number of benzene rings is 1. The number of aromatic nitrogens is 3. The van der Waals surface area contributed by atoms with Gasteiger partial charge in [0.25, 0.3) is 0 Å². The van der Waals surface area contributed by atoms with Gasteiger partial charge in [0, 0.05) is 6.54 Å². The number of aryl methyl sites for hydroxylation is 1. The van der Waals surface area contributed by atoms with Crippen LogP contribution in [0.25, 0.3) is 0 Å². The lowest BCUT2D eigenvalue weighted by Gasteiger charge is -2.33. The summed E-state index contributed by atoms with van der Waals surface area (Å²) in [5, 5.41) is 17.8. The van der Waals surface area contributed by atoms with Gasteiger partial charge >= 0.3 is 5.97 Å². The van der Waals surface area contributed by atoms with Crippen molar-refractivity contribution in [3.63, 3.8) is 0 Å². The standard InChI is InChI=1S/C17H22N4O3/c1-3-7-24-14-6-4-5-13(8-14)9-20-11-16-19-18-12(2)21(16)10-15(20)17(22)23/h4-6,8,15H,3,7,9-11H2,1-2H3,(H,22,23). The Kier molecular flexibility index (Phi) is 4.80. The van der Waals surface area contributed by atoms with Crippen molar-refractivity contribution in [2.45, 2.75) is 45.9 Å². The lowest BCUT2D eigenvalue weighted by Crippen LogP contribution is -2.47. The second-order valence-corrected chi connectivity index (χ2v) is 6.03. The lowest BCUT2D eigenvalue weighted by molar-refractivity contribution is -0.145. The Morgan fingerprint density at radius 1 is 1.42 bits per heavy atom. The minimum Gasteiger partial charge on any atom is -0.494 e. The summed E-state index contributed by atoms with van der Waals surface area (Å²) in [6, 6.07) is 7.23. The number of hydrogen-bond donors (Lipinski definition) is 1. The summed E-state index contributed by atoms with van der Waals surface area (Å²) in [5.74, 6) is 1.55. The van der Waals surface area contributed by atoms with Crippen molar-refractivity contribution >= 4 is 5.97 Å². The average Bonchev–Trinajstić information content (AvgIpc) is 2.93. The molecule has 1 aliphatic rings. The first-order chi connectivity index (χ1) is 11.6. The number of fused-ring (bicyclic) bond motifs is 1. The van der Waals surface area contributed by atoms with Gasteiger partial charge in [-0.1, -0.05) is 19.1 Å². The molecule has 1 unspecified atom stereocenters. The van der Waals surface area contributed by atoms with Crippen molar-refractivity contribution in [3.05, 3.63) is 41.5 Å². The molecule has 1 aliphatic heterocycles. The fourth-order valence-electron chi connectivity index (χ4n) is 2.95. The van der Waals surface area contributed by atoms with E-state index in [9.17, 15) is 9.90 Å². The van der Waals surface area contributed by atoms with Gasteiger partial charge < -0.3 is 14.4 Å². The van der Waals surface area contributed by atoms with Crippen LogP contribution in [0.5, 0.6) is 5.75 Å². The predicted molar refractivity (Wildman–Crippen MR) is 87.7 cm³/mol. The van der Waals surface area contributed by atoms with Gasteiger partial charge in [-0.25, -0.2) is 0 Å². The van der Waals surface area contributed by atoms with Crippen molar-refractivity contribution < 1.29 is 14.6 Å². The molecule has 3 rings (SSSR count). The van der Waals surface area contributed by atoms with E-state index in [1.807, 2.05) is 40.7 Å². The Bertz CT molecular complexity index is 728. The highest BCUT2D eigenvalue weighted by Gasteiger charge is 2.33. The van der Waals surface area contributed by atoms with E-state index < -0.39 is 12.0 Å². The van der Waals surface area contributed by atoms with E-state index in [1.54, 1.807) is 0 Å². The maximum Gasteiger partial charge on any atom is 0.322 e. The number of ether oxygens (including phenoxy) is 1. The second-order valence-electron chi connectivity index (χ2n) is 6.03. The highest BCUT2D eigenvalue weighted by Crippen LogP contribution is 2.22. The van der Waals surface area contributed by atoms with Gasteiger partial charge in [0.15, 0.2) is 0 Å². The van der Waals surface area contributed by atoms with Gasteiger partial charge in [0.1, 0.15) is 23.4 Å². The lowest BCUT2D eigenvalue weighted by atomic mass is 10.1. The van der Waals surface area contributed by atoms with Crippen molar-refractivity contribution in [2.75, 3.05) is 6.61 Å². The zero-order valence-corrected chi connectivity index (χ0v) is 14.0. The molecular formula is C17H22N4O3. The van der Waals surface area contributed by atoms with E-state index in [1.165, 1.54) is 0 Å². The molecule has 0 bridgehead atoms. The number of aliphatic carboxylic acids is 1. The molecule has 1 atom stereocenters. The summed E-state index contributed by atoms with van der Waals surface area (Å²) < 4.78 is 7.54. The van der Waals surface area contributed by atoms with Crippen molar-refractivity contribution in [2.24, 2.45) is 0 Å². The molecule has 2 aromatic rings. The van der Waals surface area contributed by atoms with Crippen LogP contribution in [-0.2, 0) is 24.4 Å². The van der Waals surface area contributed by atoms with Gasteiger partial charge in [-0.05, 0) is 31.0 Å². The topological polar surface area (TPSA) is 80.5 Å². The van der Waals surface area contributed by atoms with Crippen LogP contribution in [0.1, 0.15) is 30.6 Å². The SMILES string of the molecule is CCCOc1cccc(CN2Cc3nnc(C)n3CC2C(=O)O)c1. The van der Waals surface area contributed by atoms with Gasteiger partial charge in [0.2, 0.25) is 0 Å². The number of carboxylic acid groups (broad SMARTS) is 1. The minimum absolute atomic E-state index is 0.371. The average molecular weight is 330 g/mol.